The fourth-order valence-corrected chi connectivity index (χ4v) is 1.45. The van der Waals surface area contributed by atoms with Crippen LogP contribution in [-0.4, -0.2) is 5.84 Å². The van der Waals surface area contributed by atoms with Gasteiger partial charge in [0.05, 0.1) is 5.56 Å². The third-order valence-corrected chi connectivity index (χ3v) is 2.23. The van der Waals surface area contributed by atoms with Crippen LogP contribution >= 0.6 is 0 Å². The molecule has 8 heteroatoms. The number of amidine groups is 1. The summed E-state index contributed by atoms with van der Waals surface area (Å²) in [6.45, 7) is 0.0328. The van der Waals surface area contributed by atoms with Gasteiger partial charge in [0.1, 0.15) is 0 Å². The fourth-order valence-electron chi connectivity index (χ4n) is 1.45. The van der Waals surface area contributed by atoms with E-state index in [1.165, 1.54) is 0 Å². The van der Waals surface area contributed by atoms with Crippen molar-refractivity contribution >= 4 is 5.84 Å². The minimum absolute atomic E-state index is 0.0328. The number of nitrogens with one attached hydrogen (secondary N) is 3. The molecule has 1 aromatic carbocycles. The lowest BCUT2D eigenvalue weighted by Crippen LogP contribution is -2.35. The van der Waals surface area contributed by atoms with Gasteiger partial charge in [-0.3, -0.25) is 5.43 Å². The van der Waals surface area contributed by atoms with Crippen molar-refractivity contribution in [2.75, 3.05) is 0 Å². The molecule has 92 valence electrons. The molecule has 1 aromatic rings. The van der Waals surface area contributed by atoms with E-state index in [4.69, 9.17) is 5.73 Å². The molecule has 0 bridgehead atoms. The lowest BCUT2D eigenvalue weighted by Gasteiger charge is -2.11. The number of hydrazone groups is 1. The molecule has 0 unspecified atom stereocenters. The van der Waals surface area contributed by atoms with Crippen molar-refractivity contribution < 1.29 is 13.2 Å². The Labute approximate surface area is 94.8 Å². The van der Waals surface area contributed by atoms with Crippen LogP contribution in [0.1, 0.15) is 16.7 Å². The smallest absolute Gasteiger partial charge is 0.326 e. The summed E-state index contributed by atoms with van der Waals surface area (Å²) in [5, 5.41) is 3.74. The van der Waals surface area contributed by atoms with Gasteiger partial charge in [0.25, 0.3) is 0 Å². The predicted octanol–water partition coefficient (Wildman–Crippen LogP) is 0.438. The number of hydrazine groups is 2. The van der Waals surface area contributed by atoms with Crippen LogP contribution in [0.5, 0.6) is 0 Å². The van der Waals surface area contributed by atoms with Crippen molar-refractivity contribution in [2.45, 2.75) is 12.7 Å². The van der Waals surface area contributed by atoms with Crippen LogP contribution in [-0.2, 0) is 12.7 Å². The van der Waals surface area contributed by atoms with Gasteiger partial charge in [-0.25, -0.2) is 5.53 Å². The quantitative estimate of drug-likeness (QED) is 0.610. The molecule has 0 fully saturated rings. The lowest BCUT2D eigenvalue weighted by molar-refractivity contribution is -0.137. The molecule has 0 atom stereocenters. The number of rotatable bonds is 2. The van der Waals surface area contributed by atoms with Crippen LogP contribution in [0, 0.1) is 0 Å². The van der Waals surface area contributed by atoms with Crippen LogP contribution in [0.4, 0.5) is 13.2 Å². The molecule has 5 nitrogen and oxygen atoms in total. The van der Waals surface area contributed by atoms with E-state index in [1.807, 2.05) is 0 Å². The minimum Gasteiger partial charge on any atom is -0.326 e. The average Bonchev–Trinajstić information content (AvgIpc) is 2.80. The molecule has 1 heterocycles. The maximum atomic E-state index is 12.6. The highest BCUT2D eigenvalue weighted by Crippen LogP contribution is 2.30. The van der Waals surface area contributed by atoms with E-state index < -0.39 is 11.7 Å². The normalized spacial score (nSPS) is 15.2. The molecule has 17 heavy (non-hydrogen) atoms. The zero-order valence-electron chi connectivity index (χ0n) is 8.60. The van der Waals surface area contributed by atoms with Gasteiger partial charge in [0.2, 0.25) is 0 Å². The second-order valence-electron chi connectivity index (χ2n) is 3.44. The van der Waals surface area contributed by atoms with E-state index in [0.29, 0.717) is 11.1 Å². The van der Waals surface area contributed by atoms with Gasteiger partial charge in [0.15, 0.2) is 5.84 Å². The summed E-state index contributed by atoms with van der Waals surface area (Å²) in [7, 11) is 0. The Balaban J connectivity index is 2.45. The van der Waals surface area contributed by atoms with Crippen molar-refractivity contribution in [1.29, 1.82) is 0 Å². The number of nitrogens with two attached hydrogens (primary N) is 1. The van der Waals surface area contributed by atoms with Crippen LogP contribution in [0.25, 0.3) is 0 Å². The van der Waals surface area contributed by atoms with Gasteiger partial charge in [-0.05, 0) is 23.8 Å². The summed E-state index contributed by atoms with van der Waals surface area (Å²) < 4.78 is 37.9. The molecule has 5 N–H and O–H groups in total. The van der Waals surface area contributed by atoms with E-state index in [0.717, 1.165) is 12.1 Å². The Bertz CT molecular complexity index is 454. The second kappa shape index (κ2) is 4.22. The third kappa shape index (κ3) is 2.48. The molecule has 0 spiro atoms. The number of alkyl halides is 3. The summed E-state index contributed by atoms with van der Waals surface area (Å²) in [5.41, 5.74) is 12.8. The highest BCUT2D eigenvalue weighted by atomic mass is 19.4. The van der Waals surface area contributed by atoms with E-state index in [1.54, 1.807) is 6.07 Å². The molecule has 0 saturated heterocycles. The van der Waals surface area contributed by atoms with E-state index in [-0.39, 0.29) is 12.4 Å². The first-order valence-electron chi connectivity index (χ1n) is 4.76. The summed E-state index contributed by atoms with van der Waals surface area (Å²) in [5.74, 6) is 0.283. The van der Waals surface area contributed by atoms with Gasteiger partial charge >= 0.3 is 6.18 Å². The number of hydrogen-bond acceptors (Lipinski definition) is 5. The molecule has 0 saturated carbocycles. The van der Waals surface area contributed by atoms with Crippen LogP contribution < -0.4 is 22.2 Å². The summed E-state index contributed by atoms with van der Waals surface area (Å²) in [6, 6.07) is 3.59. The molecule has 0 aliphatic carbocycles. The number of halogens is 3. The predicted molar refractivity (Wildman–Crippen MR) is 55.3 cm³/mol. The maximum absolute atomic E-state index is 12.6. The summed E-state index contributed by atoms with van der Waals surface area (Å²) in [6.07, 6.45) is -4.40. The van der Waals surface area contributed by atoms with Crippen molar-refractivity contribution in [1.82, 2.24) is 16.5 Å². The van der Waals surface area contributed by atoms with Gasteiger partial charge in [-0.15, -0.1) is 10.6 Å². The lowest BCUT2D eigenvalue weighted by atomic mass is 10.0. The van der Waals surface area contributed by atoms with Gasteiger partial charge in [0, 0.05) is 12.1 Å². The molecule has 2 rings (SSSR count). The molecule has 0 aromatic heterocycles. The Hall–Kier alpha value is -1.80. The van der Waals surface area contributed by atoms with Gasteiger partial charge in [-0.1, -0.05) is 0 Å². The van der Waals surface area contributed by atoms with E-state index >= 15 is 0 Å². The Morgan fingerprint density at radius 3 is 2.53 bits per heavy atom. The molecular weight excluding hydrogens is 235 g/mol. The molecule has 1 aliphatic rings. The zero-order chi connectivity index (χ0) is 12.5. The summed E-state index contributed by atoms with van der Waals surface area (Å²) in [4.78, 5) is 0. The van der Waals surface area contributed by atoms with Crippen molar-refractivity contribution in [3.05, 3.63) is 34.9 Å². The molecule has 0 radical (unpaired) electrons. The van der Waals surface area contributed by atoms with Crippen LogP contribution in [0.15, 0.2) is 23.3 Å². The first kappa shape index (κ1) is 11.7. The van der Waals surface area contributed by atoms with Crippen LogP contribution in [0.3, 0.4) is 0 Å². The van der Waals surface area contributed by atoms with Gasteiger partial charge in [-0.2, -0.15) is 13.2 Å². The monoisotopic (exact) mass is 245 g/mol. The highest BCUT2D eigenvalue weighted by molar-refractivity contribution is 5.99. The summed E-state index contributed by atoms with van der Waals surface area (Å²) >= 11 is 0. The van der Waals surface area contributed by atoms with E-state index in [2.05, 4.69) is 21.6 Å². The molecular formula is C9H10F3N5. The van der Waals surface area contributed by atoms with Crippen molar-refractivity contribution in [3.8, 4) is 0 Å². The standard InChI is InChI=1S/C9H10F3N5/c10-9(11,12)7-2-5(4-13)1-6(3-7)8-14-16-17-15-8/h1-3,16-17H,4,13H2,(H,14,15). The van der Waals surface area contributed by atoms with Gasteiger partial charge < -0.3 is 5.73 Å². The third-order valence-electron chi connectivity index (χ3n) is 2.23. The van der Waals surface area contributed by atoms with Crippen molar-refractivity contribution in [2.24, 2.45) is 10.8 Å². The average molecular weight is 245 g/mol. The Kier molecular flexibility index (Phi) is 2.90. The van der Waals surface area contributed by atoms with E-state index in [9.17, 15) is 13.2 Å². The zero-order valence-corrected chi connectivity index (χ0v) is 8.60. The number of benzene rings is 1. The topological polar surface area (TPSA) is 74.5 Å². The number of hydrogen-bond donors (Lipinski definition) is 4. The first-order valence-corrected chi connectivity index (χ1v) is 4.76. The SMILES string of the molecule is NCc1cc(C2=NNNN2)cc(C(F)(F)F)c1. The second-order valence-corrected chi connectivity index (χ2v) is 3.44. The first-order chi connectivity index (χ1) is 8.00. The fraction of sp³-hybridized carbons (Fsp3) is 0.222. The highest BCUT2D eigenvalue weighted by Gasteiger charge is 2.31. The molecule has 1 aliphatic heterocycles. The maximum Gasteiger partial charge on any atom is 0.416 e. The van der Waals surface area contributed by atoms with Crippen molar-refractivity contribution in [3.63, 3.8) is 0 Å². The van der Waals surface area contributed by atoms with Crippen LogP contribution in [0.2, 0.25) is 0 Å². The Morgan fingerprint density at radius 2 is 2.00 bits per heavy atom. The largest absolute Gasteiger partial charge is 0.416 e. The number of nitrogens with zero attached hydrogens (tertiary/aromatic N) is 1. The minimum atomic E-state index is -4.40. The molecule has 0 amide bonds. The Morgan fingerprint density at radius 1 is 1.24 bits per heavy atom.